The summed E-state index contributed by atoms with van der Waals surface area (Å²) in [5.74, 6) is 0. The van der Waals surface area contributed by atoms with Crippen molar-refractivity contribution >= 4 is 11.6 Å². The molecule has 0 aliphatic heterocycles. The molecule has 2 aromatic carbocycles. The molecule has 0 saturated carbocycles. The maximum atomic E-state index is 8.97. The van der Waals surface area contributed by atoms with E-state index in [1.807, 2.05) is 42.5 Å². The van der Waals surface area contributed by atoms with Crippen LogP contribution < -0.4 is 0 Å². The van der Waals surface area contributed by atoms with Gasteiger partial charge in [-0.05, 0) is 23.3 Å². The molecule has 0 fully saturated rings. The lowest BCUT2D eigenvalue weighted by Crippen LogP contribution is -2.03. The van der Waals surface area contributed by atoms with Crippen molar-refractivity contribution in [1.29, 1.82) is 0 Å². The molecular formula is C13H11ClO2. The van der Waals surface area contributed by atoms with E-state index in [9.17, 15) is 0 Å². The molecule has 0 radical (unpaired) electrons. The summed E-state index contributed by atoms with van der Waals surface area (Å²) < 4.78 is 0. The first-order valence-corrected chi connectivity index (χ1v) is 5.29. The smallest absolute Gasteiger partial charge is 0.143 e. The molecule has 2 aromatic rings. The van der Waals surface area contributed by atoms with Crippen molar-refractivity contribution in [1.82, 2.24) is 0 Å². The summed E-state index contributed by atoms with van der Waals surface area (Å²) in [5, 5.41) is 9.63. The van der Waals surface area contributed by atoms with Crippen LogP contribution in [0.25, 0.3) is 0 Å². The van der Waals surface area contributed by atoms with E-state index in [0.29, 0.717) is 5.02 Å². The van der Waals surface area contributed by atoms with Crippen LogP contribution >= 0.6 is 11.6 Å². The van der Waals surface area contributed by atoms with Crippen LogP contribution in [0.15, 0.2) is 54.6 Å². The zero-order valence-electron chi connectivity index (χ0n) is 8.51. The SMILES string of the molecule is OOC(c1ccccc1)c1ccc(Cl)cc1. The summed E-state index contributed by atoms with van der Waals surface area (Å²) in [7, 11) is 0. The summed E-state index contributed by atoms with van der Waals surface area (Å²) in [4.78, 5) is 4.52. The van der Waals surface area contributed by atoms with Crippen LogP contribution in [0.1, 0.15) is 17.2 Å². The van der Waals surface area contributed by atoms with Gasteiger partial charge in [-0.1, -0.05) is 54.1 Å². The van der Waals surface area contributed by atoms with Gasteiger partial charge < -0.3 is 0 Å². The molecule has 16 heavy (non-hydrogen) atoms. The van der Waals surface area contributed by atoms with E-state index >= 15 is 0 Å². The summed E-state index contributed by atoms with van der Waals surface area (Å²) in [6.07, 6.45) is -0.474. The minimum Gasteiger partial charge on any atom is -0.251 e. The van der Waals surface area contributed by atoms with Gasteiger partial charge in [0.15, 0.2) is 0 Å². The third-order valence-electron chi connectivity index (χ3n) is 2.38. The minimum absolute atomic E-state index is 0.474. The Hall–Kier alpha value is -1.35. The molecule has 2 rings (SSSR count). The molecule has 1 atom stereocenters. The first-order valence-electron chi connectivity index (χ1n) is 4.92. The van der Waals surface area contributed by atoms with Crippen molar-refractivity contribution < 1.29 is 10.1 Å². The fourth-order valence-electron chi connectivity index (χ4n) is 1.58. The predicted molar refractivity (Wildman–Crippen MR) is 63.5 cm³/mol. The number of benzene rings is 2. The topological polar surface area (TPSA) is 29.5 Å². The first kappa shape index (κ1) is 11.1. The molecule has 0 saturated heterocycles. The third-order valence-corrected chi connectivity index (χ3v) is 2.63. The largest absolute Gasteiger partial charge is 0.251 e. The second-order valence-electron chi connectivity index (χ2n) is 3.45. The van der Waals surface area contributed by atoms with Crippen LogP contribution in [-0.2, 0) is 4.89 Å². The lowest BCUT2D eigenvalue weighted by Gasteiger charge is -2.13. The van der Waals surface area contributed by atoms with Crippen LogP contribution in [0.5, 0.6) is 0 Å². The lowest BCUT2D eigenvalue weighted by molar-refractivity contribution is -0.270. The van der Waals surface area contributed by atoms with Gasteiger partial charge in [-0.3, -0.25) is 5.26 Å². The van der Waals surface area contributed by atoms with Crippen molar-refractivity contribution in [3.8, 4) is 0 Å². The summed E-state index contributed by atoms with van der Waals surface area (Å²) in [5.41, 5.74) is 1.76. The highest BCUT2D eigenvalue weighted by Gasteiger charge is 2.13. The molecule has 1 unspecified atom stereocenters. The maximum Gasteiger partial charge on any atom is 0.143 e. The molecule has 1 N–H and O–H groups in total. The number of hydrogen-bond acceptors (Lipinski definition) is 2. The van der Waals surface area contributed by atoms with Crippen LogP contribution in [0.4, 0.5) is 0 Å². The molecule has 0 aliphatic carbocycles. The van der Waals surface area contributed by atoms with Crippen molar-refractivity contribution in [2.24, 2.45) is 0 Å². The Kier molecular flexibility index (Phi) is 3.57. The van der Waals surface area contributed by atoms with Gasteiger partial charge in [0, 0.05) is 5.02 Å². The lowest BCUT2D eigenvalue weighted by atomic mass is 10.0. The molecular weight excluding hydrogens is 224 g/mol. The monoisotopic (exact) mass is 234 g/mol. The van der Waals surface area contributed by atoms with E-state index in [-0.39, 0.29) is 0 Å². The van der Waals surface area contributed by atoms with Crippen molar-refractivity contribution in [2.45, 2.75) is 6.10 Å². The van der Waals surface area contributed by atoms with Crippen LogP contribution in [0.3, 0.4) is 0 Å². The Morgan fingerprint density at radius 1 is 0.875 bits per heavy atom. The van der Waals surface area contributed by atoms with Gasteiger partial charge in [0.2, 0.25) is 0 Å². The molecule has 0 amide bonds. The summed E-state index contributed by atoms with van der Waals surface area (Å²) in [6.45, 7) is 0. The number of hydrogen-bond donors (Lipinski definition) is 1. The third kappa shape index (κ3) is 2.42. The van der Waals surface area contributed by atoms with Crippen molar-refractivity contribution in [2.75, 3.05) is 0 Å². The standard InChI is InChI=1S/C13H11ClO2/c14-12-8-6-11(7-9-12)13(16-15)10-4-2-1-3-5-10/h1-9,13,15H. The molecule has 0 bridgehead atoms. The van der Waals surface area contributed by atoms with Crippen LogP contribution in [-0.4, -0.2) is 5.26 Å². The van der Waals surface area contributed by atoms with E-state index in [1.54, 1.807) is 12.1 Å². The highest BCUT2D eigenvalue weighted by atomic mass is 35.5. The van der Waals surface area contributed by atoms with Crippen LogP contribution in [0.2, 0.25) is 5.02 Å². The fraction of sp³-hybridized carbons (Fsp3) is 0.0769. The van der Waals surface area contributed by atoms with E-state index in [0.717, 1.165) is 11.1 Å². The quantitative estimate of drug-likeness (QED) is 0.644. The fourth-order valence-corrected chi connectivity index (χ4v) is 1.71. The normalized spacial score (nSPS) is 12.4. The molecule has 0 aromatic heterocycles. The Bertz CT molecular complexity index is 439. The number of halogens is 1. The zero-order valence-corrected chi connectivity index (χ0v) is 9.26. The van der Waals surface area contributed by atoms with Gasteiger partial charge in [-0.2, -0.15) is 0 Å². The molecule has 82 valence electrons. The highest BCUT2D eigenvalue weighted by molar-refractivity contribution is 6.30. The van der Waals surface area contributed by atoms with E-state index in [2.05, 4.69) is 4.89 Å². The van der Waals surface area contributed by atoms with Gasteiger partial charge in [-0.25, -0.2) is 4.89 Å². The average molecular weight is 235 g/mol. The minimum atomic E-state index is -0.474. The first-order chi connectivity index (χ1) is 7.81. The zero-order chi connectivity index (χ0) is 11.4. The van der Waals surface area contributed by atoms with Crippen LogP contribution in [0, 0.1) is 0 Å². The molecule has 2 nitrogen and oxygen atoms in total. The second kappa shape index (κ2) is 5.12. The van der Waals surface area contributed by atoms with Gasteiger partial charge in [0.05, 0.1) is 0 Å². The summed E-state index contributed by atoms with van der Waals surface area (Å²) in [6, 6.07) is 16.7. The second-order valence-corrected chi connectivity index (χ2v) is 3.88. The van der Waals surface area contributed by atoms with E-state index < -0.39 is 6.10 Å². The van der Waals surface area contributed by atoms with E-state index in [4.69, 9.17) is 16.9 Å². The Labute approximate surface area is 99.0 Å². The van der Waals surface area contributed by atoms with Gasteiger partial charge >= 0.3 is 0 Å². The number of rotatable bonds is 3. The molecule has 0 spiro atoms. The molecule has 0 aliphatic rings. The highest BCUT2D eigenvalue weighted by Crippen LogP contribution is 2.25. The Morgan fingerprint density at radius 3 is 2.00 bits per heavy atom. The Balaban J connectivity index is 2.33. The van der Waals surface area contributed by atoms with Gasteiger partial charge in [0.1, 0.15) is 6.10 Å². The van der Waals surface area contributed by atoms with E-state index in [1.165, 1.54) is 0 Å². The molecule has 0 heterocycles. The average Bonchev–Trinajstić information content (AvgIpc) is 2.34. The molecule has 3 heteroatoms. The Morgan fingerprint density at radius 2 is 1.44 bits per heavy atom. The predicted octanol–water partition coefficient (Wildman–Crippen LogP) is 3.92. The van der Waals surface area contributed by atoms with Gasteiger partial charge in [0.25, 0.3) is 0 Å². The van der Waals surface area contributed by atoms with Gasteiger partial charge in [-0.15, -0.1) is 0 Å². The van der Waals surface area contributed by atoms with Crippen molar-refractivity contribution in [3.05, 3.63) is 70.7 Å². The summed E-state index contributed by atoms with van der Waals surface area (Å²) >= 11 is 5.80. The van der Waals surface area contributed by atoms with Crippen molar-refractivity contribution in [3.63, 3.8) is 0 Å². The maximum absolute atomic E-state index is 8.97.